The lowest BCUT2D eigenvalue weighted by Crippen LogP contribution is -2.30. The molecule has 1 aromatic carbocycles. The molecule has 0 aliphatic rings. The van der Waals surface area contributed by atoms with Crippen LogP contribution in [0, 0.1) is 0 Å². The van der Waals surface area contributed by atoms with Crippen molar-refractivity contribution in [2.75, 3.05) is 7.11 Å². The van der Waals surface area contributed by atoms with Crippen LogP contribution < -0.4 is 0 Å². The normalized spacial score (nSPS) is 11.2. The van der Waals surface area contributed by atoms with Crippen LogP contribution in [-0.2, 0) is 21.6 Å². The van der Waals surface area contributed by atoms with E-state index in [1.165, 1.54) is 7.11 Å². The fraction of sp³-hybridized carbons (Fsp3) is 0.417. The third kappa shape index (κ3) is 2.36. The van der Waals surface area contributed by atoms with Gasteiger partial charge in [-0.3, -0.25) is 4.79 Å². The highest BCUT2D eigenvalue weighted by molar-refractivity contribution is 5.82. The van der Waals surface area contributed by atoms with Crippen molar-refractivity contribution in [1.82, 2.24) is 0 Å². The smallest absolute Gasteiger partial charge is 0.315 e. The Hall–Kier alpha value is -1.35. The van der Waals surface area contributed by atoms with E-state index in [0.717, 1.165) is 11.1 Å². The van der Waals surface area contributed by atoms with Crippen molar-refractivity contribution in [3.05, 3.63) is 35.4 Å². The van der Waals surface area contributed by atoms with Crippen molar-refractivity contribution < 1.29 is 14.6 Å². The molecule has 0 amide bonds. The fourth-order valence-corrected chi connectivity index (χ4v) is 1.40. The predicted molar refractivity (Wildman–Crippen MR) is 57.4 cm³/mol. The molecule has 0 unspecified atom stereocenters. The molecule has 1 N–H and O–H groups in total. The lowest BCUT2D eigenvalue weighted by Gasteiger charge is -2.22. The Morgan fingerprint density at radius 3 is 2.27 bits per heavy atom. The fourth-order valence-electron chi connectivity index (χ4n) is 1.40. The summed E-state index contributed by atoms with van der Waals surface area (Å²) in [7, 11) is 1.38. The van der Waals surface area contributed by atoms with Gasteiger partial charge >= 0.3 is 5.97 Å². The number of carbonyl (C=O) groups excluding carboxylic acids is 1. The van der Waals surface area contributed by atoms with E-state index in [2.05, 4.69) is 0 Å². The Labute approximate surface area is 89.7 Å². The van der Waals surface area contributed by atoms with Crippen LogP contribution in [0.25, 0.3) is 0 Å². The molecule has 1 aromatic rings. The van der Waals surface area contributed by atoms with E-state index >= 15 is 0 Å². The van der Waals surface area contributed by atoms with Gasteiger partial charge in [0.15, 0.2) is 0 Å². The molecule has 0 aliphatic carbocycles. The SMILES string of the molecule is COC(=O)C(C)(C)c1ccc(CO)cc1. The maximum atomic E-state index is 11.5. The monoisotopic (exact) mass is 208 g/mol. The molecule has 1 rings (SSSR count). The zero-order valence-electron chi connectivity index (χ0n) is 9.28. The highest BCUT2D eigenvalue weighted by Gasteiger charge is 2.30. The van der Waals surface area contributed by atoms with Gasteiger partial charge in [-0.15, -0.1) is 0 Å². The van der Waals surface area contributed by atoms with Crippen LogP contribution in [0.2, 0.25) is 0 Å². The van der Waals surface area contributed by atoms with Crippen molar-refractivity contribution in [1.29, 1.82) is 0 Å². The molecule has 0 aromatic heterocycles. The molecule has 82 valence electrons. The van der Waals surface area contributed by atoms with Gasteiger partial charge in [0.25, 0.3) is 0 Å². The Morgan fingerprint density at radius 2 is 1.87 bits per heavy atom. The number of methoxy groups -OCH3 is 1. The molecule has 0 saturated heterocycles. The Balaban J connectivity index is 3.00. The van der Waals surface area contributed by atoms with Gasteiger partial charge in [-0.1, -0.05) is 24.3 Å². The summed E-state index contributed by atoms with van der Waals surface area (Å²) in [6, 6.07) is 7.28. The third-order valence-corrected chi connectivity index (χ3v) is 2.55. The zero-order valence-corrected chi connectivity index (χ0v) is 9.28. The van der Waals surface area contributed by atoms with Gasteiger partial charge in [0.05, 0.1) is 19.1 Å². The molecular weight excluding hydrogens is 192 g/mol. The summed E-state index contributed by atoms with van der Waals surface area (Å²) in [5, 5.41) is 8.90. The molecule has 0 heterocycles. The lowest BCUT2D eigenvalue weighted by atomic mass is 9.84. The highest BCUT2D eigenvalue weighted by Crippen LogP contribution is 2.24. The van der Waals surface area contributed by atoms with Crippen LogP contribution in [0.5, 0.6) is 0 Å². The largest absolute Gasteiger partial charge is 0.468 e. The number of rotatable bonds is 3. The van der Waals surface area contributed by atoms with Crippen LogP contribution >= 0.6 is 0 Å². The second kappa shape index (κ2) is 4.45. The molecule has 0 atom stereocenters. The third-order valence-electron chi connectivity index (χ3n) is 2.55. The van der Waals surface area contributed by atoms with Crippen molar-refractivity contribution in [2.24, 2.45) is 0 Å². The van der Waals surface area contributed by atoms with Crippen LogP contribution in [-0.4, -0.2) is 18.2 Å². The van der Waals surface area contributed by atoms with Gasteiger partial charge in [-0.2, -0.15) is 0 Å². The topological polar surface area (TPSA) is 46.5 Å². The molecule has 0 bridgehead atoms. The van der Waals surface area contributed by atoms with Crippen LogP contribution in [0.1, 0.15) is 25.0 Å². The van der Waals surface area contributed by atoms with Gasteiger partial charge in [-0.25, -0.2) is 0 Å². The molecule has 15 heavy (non-hydrogen) atoms. The molecule has 3 heteroatoms. The number of ether oxygens (including phenoxy) is 1. The zero-order chi connectivity index (χ0) is 11.5. The summed E-state index contributed by atoms with van der Waals surface area (Å²) in [6.07, 6.45) is 0. The van der Waals surface area contributed by atoms with Gasteiger partial charge in [-0.05, 0) is 25.0 Å². The predicted octanol–water partition coefficient (Wildman–Crippen LogP) is 1.63. The molecule has 0 saturated carbocycles. The standard InChI is InChI=1S/C12H16O3/c1-12(2,11(14)15-3)10-6-4-9(8-13)5-7-10/h4-7,13H,8H2,1-3H3. The van der Waals surface area contributed by atoms with Crippen molar-refractivity contribution in [3.63, 3.8) is 0 Å². The Kier molecular flexibility index (Phi) is 3.48. The van der Waals surface area contributed by atoms with E-state index in [9.17, 15) is 4.79 Å². The van der Waals surface area contributed by atoms with Crippen molar-refractivity contribution >= 4 is 5.97 Å². The molecule has 0 spiro atoms. The minimum Gasteiger partial charge on any atom is -0.468 e. The number of aliphatic hydroxyl groups excluding tert-OH is 1. The first-order valence-electron chi connectivity index (χ1n) is 4.81. The number of hydrogen-bond acceptors (Lipinski definition) is 3. The van der Waals surface area contributed by atoms with E-state index in [0.29, 0.717) is 0 Å². The summed E-state index contributed by atoms with van der Waals surface area (Å²) in [5.41, 5.74) is 1.06. The first kappa shape index (κ1) is 11.7. The first-order valence-corrected chi connectivity index (χ1v) is 4.81. The minimum atomic E-state index is -0.650. The Morgan fingerprint density at radius 1 is 1.33 bits per heavy atom. The first-order chi connectivity index (χ1) is 7.02. The van der Waals surface area contributed by atoms with Gasteiger partial charge in [0.1, 0.15) is 0 Å². The number of carbonyl (C=O) groups is 1. The number of esters is 1. The maximum Gasteiger partial charge on any atom is 0.315 e. The highest BCUT2D eigenvalue weighted by atomic mass is 16.5. The van der Waals surface area contributed by atoms with Gasteiger partial charge in [0, 0.05) is 0 Å². The average molecular weight is 208 g/mol. The van der Waals surface area contributed by atoms with E-state index in [1.54, 1.807) is 12.1 Å². The van der Waals surface area contributed by atoms with Crippen molar-refractivity contribution in [3.8, 4) is 0 Å². The van der Waals surface area contributed by atoms with E-state index in [4.69, 9.17) is 9.84 Å². The molecule has 0 aliphatic heterocycles. The summed E-state index contributed by atoms with van der Waals surface area (Å²) in [4.78, 5) is 11.5. The quantitative estimate of drug-likeness (QED) is 0.768. The van der Waals surface area contributed by atoms with E-state index < -0.39 is 5.41 Å². The molecule has 3 nitrogen and oxygen atoms in total. The number of benzene rings is 1. The van der Waals surface area contributed by atoms with Crippen LogP contribution in [0.15, 0.2) is 24.3 Å². The summed E-state index contributed by atoms with van der Waals surface area (Å²) in [6.45, 7) is 3.64. The van der Waals surface area contributed by atoms with Crippen molar-refractivity contribution in [2.45, 2.75) is 25.9 Å². The molecule has 0 fully saturated rings. The van der Waals surface area contributed by atoms with E-state index in [1.807, 2.05) is 26.0 Å². The second-order valence-corrected chi connectivity index (χ2v) is 3.97. The molecule has 0 radical (unpaired) electrons. The number of aliphatic hydroxyl groups is 1. The summed E-state index contributed by atoms with van der Waals surface area (Å²) < 4.78 is 4.74. The van der Waals surface area contributed by atoms with Gasteiger partial charge in [0.2, 0.25) is 0 Å². The van der Waals surface area contributed by atoms with Crippen LogP contribution in [0.3, 0.4) is 0 Å². The van der Waals surface area contributed by atoms with E-state index in [-0.39, 0.29) is 12.6 Å². The van der Waals surface area contributed by atoms with Crippen LogP contribution in [0.4, 0.5) is 0 Å². The second-order valence-electron chi connectivity index (χ2n) is 3.97. The van der Waals surface area contributed by atoms with Gasteiger partial charge < -0.3 is 9.84 Å². The summed E-state index contributed by atoms with van der Waals surface area (Å²) >= 11 is 0. The molecular formula is C12H16O3. The maximum absolute atomic E-state index is 11.5. The summed E-state index contributed by atoms with van der Waals surface area (Å²) in [5.74, 6) is -0.265. The minimum absolute atomic E-state index is 0.0128. The Bertz CT molecular complexity index is 338. The lowest BCUT2D eigenvalue weighted by molar-refractivity contribution is -0.146. The number of hydrogen-bond donors (Lipinski definition) is 1. The average Bonchev–Trinajstić information content (AvgIpc) is 2.28.